The highest BCUT2D eigenvalue weighted by molar-refractivity contribution is 5.95. The number of anilines is 1. The van der Waals surface area contributed by atoms with E-state index in [-0.39, 0.29) is 29.8 Å². The van der Waals surface area contributed by atoms with E-state index in [1.54, 1.807) is 71.9 Å². The highest BCUT2D eigenvalue weighted by Gasteiger charge is 2.60. The number of carbonyl (C=O) groups is 4. The van der Waals surface area contributed by atoms with E-state index < -0.39 is 66.1 Å². The minimum Gasteiger partial charge on any atom is -0.463 e. The van der Waals surface area contributed by atoms with Crippen LogP contribution < -0.4 is 10.6 Å². The normalized spacial score (nSPS) is 21.6. The van der Waals surface area contributed by atoms with Crippen molar-refractivity contribution in [3.05, 3.63) is 60.0 Å². The van der Waals surface area contributed by atoms with Crippen molar-refractivity contribution >= 4 is 35.3 Å². The van der Waals surface area contributed by atoms with Gasteiger partial charge in [0.05, 0.1) is 12.1 Å². The SMILES string of the molecule is CC[C@@H](C)C(=O)Nc1ncnn2c([C@]3(C#N)O[C@H](COC(=O)Cc4ccccc4)[C@@H](OC(=O)[C@@H](NC(=O)OC(C)(C)C)C(C)C)[C@H]3O)ccc12. The van der Waals surface area contributed by atoms with Crippen molar-refractivity contribution in [3.63, 3.8) is 0 Å². The van der Waals surface area contributed by atoms with E-state index in [2.05, 4.69) is 20.7 Å². The second kappa shape index (κ2) is 15.6. The Morgan fingerprint density at radius 2 is 1.82 bits per heavy atom. The van der Waals surface area contributed by atoms with Crippen molar-refractivity contribution in [1.82, 2.24) is 19.9 Å². The Kier molecular flexibility index (Phi) is 11.8. The van der Waals surface area contributed by atoms with Gasteiger partial charge in [-0.2, -0.15) is 10.4 Å². The maximum atomic E-state index is 13.6. The molecule has 1 aliphatic rings. The second-order valence-corrected chi connectivity index (χ2v) is 13.5. The lowest BCUT2D eigenvalue weighted by molar-refractivity contribution is -0.163. The number of carbonyl (C=O) groups excluding carboxylic acids is 4. The predicted octanol–water partition coefficient (Wildman–Crippen LogP) is 3.44. The summed E-state index contributed by atoms with van der Waals surface area (Å²) in [7, 11) is 0. The first-order chi connectivity index (χ1) is 23.6. The number of aliphatic hydroxyl groups excluding tert-OH is 1. The summed E-state index contributed by atoms with van der Waals surface area (Å²) in [4.78, 5) is 55.9. The van der Waals surface area contributed by atoms with Gasteiger partial charge in [-0.15, -0.1) is 0 Å². The number of nitrogens with zero attached hydrogens (tertiary/aromatic N) is 4. The van der Waals surface area contributed by atoms with Crippen molar-refractivity contribution < 1.29 is 43.2 Å². The molecule has 6 atom stereocenters. The number of fused-ring (bicyclic) bond motifs is 1. The second-order valence-electron chi connectivity index (χ2n) is 13.5. The summed E-state index contributed by atoms with van der Waals surface area (Å²) in [5.41, 5.74) is -2.01. The Bertz CT molecular complexity index is 1730. The third kappa shape index (κ3) is 8.55. The number of hydrogen-bond acceptors (Lipinski definition) is 12. The van der Waals surface area contributed by atoms with Gasteiger partial charge in [-0.1, -0.05) is 58.0 Å². The molecule has 1 aromatic carbocycles. The van der Waals surface area contributed by atoms with Crippen LogP contribution in [0.5, 0.6) is 0 Å². The molecule has 4 rings (SSSR count). The van der Waals surface area contributed by atoms with Crippen LogP contribution in [-0.2, 0) is 45.4 Å². The standard InChI is InChI=1S/C35H44N6O9/c1-8-21(4)31(44)40-30-23-14-15-25(41(23)38-19-37-30)35(18-36)29(43)28(24(49-35)17-47-26(42)16-22-12-10-9-11-13-22)48-32(45)27(20(2)3)39-33(46)50-34(5,6)7/h9-15,19-21,24,27-29,43H,8,16-17H2,1-7H3,(H,39,46)(H,37,38,40,44)/t21-,24-,27+,28-,29-,35+/m1/s1. The van der Waals surface area contributed by atoms with E-state index in [4.69, 9.17) is 18.9 Å². The smallest absolute Gasteiger partial charge is 0.408 e. The molecule has 15 heteroatoms. The lowest BCUT2D eigenvalue weighted by Gasteiger charge is -2.28. The highest BCUT2D eigenvalue weighted by atomic mass is 16.6. The van der Waals surface area contributed by atoms with Crippen molar-refractivity contribution in [1.29, 1.82) is 5.26 Å². The van der Waals surface area contributed by atoms with Gasteiger partial charge in [-0.25, -0.2) is 19.1 Å². The Balaban J connectivity index is 1.67. The number of nitriles is 1. The molecule has 0 saturated carbocycles. The van der Waals surface area contributed by atoms with Crippen molar-refractivity contribution in [2.75, 3.05) is 11.9 Å². The molecule has 2 aromatic heterocycles. The van der Waals surface area contributed by atoms with Gasteiger partial charge in [0.1, 0.15) is 48.4 Å². The summed E-state index contributed by atoms with van der Waals surface area (Å²) in [6.07, 6.45) is -3.88. The van der Waals surface area contributed by atoms with Crippen LogP contribution in [0, 0.1) is 23.2 Å². The Hall–Kier alpha value is -5.07. The van der Waals surface area contributed by atoms with Gasteiger partial charge in [-0.3, -0.25) is 9.59 Å². The molecule has 3 aromatic rings. The zero-order chi connectivity index (χ0) is 36.8. The van der Waals surface area contributed by atoms with Crippen LogP contribution in [0.2, 0.25) is 0 Å². The van der Waals surface area contributed by atoms with Gasteiger partial charge in [0.15, 0.2) is 11.9 Å². The van der Waals surface area contributed by atoms with E-state index in [0.29, 0.717) is 17.5 Å². The largest absolute Gasteiger partial charge is 0.463 e. The van der Waals surface area contributed by atoms with E-state index in [1.165, 1.54) is 16.9 Å². The number of benzene rings is 1. The highest BCUT2D eigenvalue weighted by Crippen LogP contribution is 2.42. The van der Waals surface area contributed by atoms with Gasteiger partial charge in [0.2, 0.25) is 11.5 Å². The number of aromatic nitrogens is 3. The van der Waals surface area contributed by atoms with Crippen LogP contribution >= 0.6 is 0 Å². The fraction of sp³-hybridized carbons (Fsp3) is 0.514. The molecular weight excluding hydrogens is 648 g/mol. The van der Waals surface area contributed by atoms with Crippen LogP contribution in [0.1, 0.15) is 66.1 Å². The average Bonchev–Trinajstić information content (AvgIpc) is 3.61. The zero-order valence-corrected chi connectivity index (χ0v) is 29.2. The molecule has 50 heavy (non-hydrogen) atoms. The van der Waals surface area contributed by atoms with E-state index in [1.807, 2.05) is 19.1 Å². The molecule has 2 amide bonds. The van der Waals surface area contributed by atoms with E-state index in [9.17, 15) is 29.5 Å². The summed E-state index contributed by atoms with van der Waals surface area (Å²) < 4.78 is 24.1. The Morgan fingerprint density at radius 1 is 1.12 bits per heavy atom. The first-order valence-electron chi connectivity index (χ1n) is 16.4. The maximum Gasteiger partial charge on any atom is 0.408 e. The number of amides is 2. The molecule has 15 nitrogen and oxygen atoms in total. The van der Waals surface area contributed by atoms with Gasteiger partial charge in [0.25, 0.3) is 0 Å². The van der Waals surface area contributed by atoms with Gasteiger partial charge >= 0.3 is 18.0 Å². The topological polar surface area (TPSA) is 203 Å². The number of alkyl carbamates (subject to hydrolysis) is 1. The van der Waals surface area contributed by atoms with E-state index in [0.717, 1.165) is 0 Å². The summed E-state index contributed by atoms with van der Waals surface area (Å²) in [5, 5.41) is 32.0. The van der Waals surface area contributed by atoms with Gasteiger partial charge in [-0.05, 0) is 50.8 Å². The van der Waals surface area contributed by atoms with Crippen molar-refractivity contribution in [2.45, 2.75) is 96.9 Å². The lowest BCUT2D eigenvalue weighted by Crippen LogP contribution is -2.50. The summed E-state index contributed by atoms with van der Waals surface area (Å²) >= 11 is 0. The Labute approximate surface area is 290 Å². The van der Waals surface area contributed by atoms with Crippen LogP contribution in [0.3, 0.4) is 0 Å². The molecular formula is C35H44N6O9. The van der Waals surface area contributed by atoms with Crippen LogP contribution in [0.4, 0.5) is 10.6 Å². The van der Waals surface area contributed by atoms with Crippen LogP contribution in [-0.4, -0.2) is 80.2 Å². The fourth-order valence-electron chi connectivity index (χ4n) is 5.31. The molecule has 0 aliphatic carbocycles. The number of hydrogen-bond donors (Lipinski definition) is 3. The number of nitrogens with one attached hydrogen (secondary N) is 2. The fourth-order valence-corrected chi connectivity index (χ4v) is 5.31. The molecule has 0 spiro atoms. The molecule has 0 radical (unpaired) electrons. The quantitative estimate of drug-likeness (QED) is 0.185. The molecule has 3 N–H and O–H groups in total. The zero-order valence-electron chi connectivity index (χ0n) is 29.2. The van der Waals surface area contributed by atoms with Crippen molar-refractivity contribution in [2.24, 2.45) is 11.8 Å². The minimum atomic E-state index is -2.20. The van der Waals surface area contributed by atoms with Crippen LogP contribution in [0.25, 0.3) is 5.52 Å². The summed E-state index contributed by atoms with van der Waals surface area (Å²) in [6, 6.07) is 12.7. The number of esters is 2. The molecule has 1 aliphatic heterocycles. The molecule has 268 valence electrons. The summed E-state index contributed by atoms with van der Waals surface area (Å²) in [6.45, 7) is 11.5. The Morgan fingerprint density at radius 3 is 2.44 bits per heavy atom. The van der Waals surface area contributed by atoms with E-state index >= 15 is 0 Å². The number of ether oxygens (including phenoxy) is 4. The number of rotatable bonds is 12. The lowest BCUT2D eigenvalue weighted by atomic mass is 9.92. The number of aliphatic hydroxyl groups is 1. The third-order valence-electron chi connectivity index (χ3n) is 8.18. The first-order valence-corrected chi connectivity index (χ1v) is 16.4. The molecule has 1 saturated heterocycles. The van der Waals surface area contributed by atoms with Crippen molar-refractivity contribution in [3.8, 4) is 6.07 Å². The maximum absolute atomic E-state index is 13.6. The third-order valence-corrected chi connectivity index (χ3v) is 8.18. The molecule has 0 unspecified atom stereocenters. The predicted molar refractivity (Wildman–Crippen MR) is 178 cm³/mol. The minimum absolute atomic E-state index is 0.0374. The monoisotopic (exact) mass is 692 g/mol. The molecule has 1 fully saturated rings. The molecule has 3 heterocycles. The van der Waals surface area contributed by atoms with Gasteiger partial charge in [0, 0.05) is 5.92 Å². The van der Waals surface area contributed by atoms with Crippen LogP contribution in [0.15, 0.2) is 48.8 Å². The average molecular weight is 693 g/mol. The molecule has 0 bridgehead atoms. The van der Waals surface area contributed by atoms with Gasteiger partial charge < -0.3 is 34.7 Å². The first kappa shape index (κ1) is 37.7. The summed E-state index contributed by atoms with van der Waals surface area (Å²) in [5.74, 6) is -2.45.